The Labute approximate surface area is 369 Å². The lowest BCUT2D eigenvalue weighted by atomic mass is 9.96. The number of aryl methyl sites for hydroxylation is 1. The predicted molar refractivity (Wildman–Crippen MR) is 254 cm³/mol. The third kappa shape index (κ3) is 10.4. The number of rotatable bonds is 16. The maximum absolute atomic E-state index is 13.6. The highest BCUT2D eigenvalue weighted by Gasteiger charge is 2.27. The number of nitrogens with zero attached hydrogens (tertiary/aromatic N) is 4. The summed E-state index contributed by atoms with van der Waals surface area (Å²) in [5.74, 6) is -0.0794. The van der Waals surface area contributed by atoms with Gasteiger partial charge in [-0.15, -0.1) is 11.8 Å². The monoisotopic (exact) mass is 876 g/mol. The lowest BCUT2D eigenvalue weighted by molar-refractivity contribution is 0.0696. The van der Waals surface area contributed by atoms with Crippen molar-refractivity contribution >= 4 is 62.1 Å². The van der Waals surface area contributed by atoms with E-state index in [4.69, 9.17) is 11.6 Å². The minimum atomic E-state index is -3.83. The first-order valence-electron chi connectivity index (χ1n) is 20.4. The molecule has 7 rings (SSSR count). The van der Waals surface area contributed by atoms with Crippen LogP contribution in [0.25, 0.3) is 22.4 Å². The molecular weight excluding hydrogens is 824 g/mol. The quantitative estimate of drug-likeness (QED) is 0.0819. The molecule has 0 radical (unpaired) electrons. The molecule has 0 unspecified atom stereocenters. The number of carboxylic acids is 1. The molecule has 0 amide bonds. The van der Waals surface area contributed by atoms with Gasteiger partial charge in [-0.25, -0.2) is 13.2 Å². The Bertz CT molecular complexity index is 2570. The highest BCUT2D eigenvalue weighted by Crippen LogP contribution is 2.40. The second-order valence-electron chi connectivity index (χ2n) is 15.8. The van der Waals surface area contributed by atoms with Crippen LogP contribution in [-0.4, -0.2) is 87.6 Å². The molecule has 0 aliphatic carbocycles. The Balaban J connectivity index is 0.986. The fourth-order valence-corrected chi connectivity index (χ4v) is 10.1. The van der Waals surface area contributed by atoms with Gasteiger partial charge in [0, 0.05) is 88.9 Å². The molecule has 318 valence electrons. The Hall–Kier alpha value is -5.40. The van der Waals surface area contributed by atoms with Gasteiger partial charge >= 0.3 is 5.97 Å². The highest BCUT2D eigenvalue weighted by atomic mass is 35.5. The first kappa shape index (κ1) is 43.7. The van der Waals surface area contributed by atoms with E-state index in [1.165, 1.54) is 4.90 Å². The Morgan fingerprint density at radius 1 is 0.820 bits per heavy atom. The molecule has 0 bridgehead atoms. The first-order chi connectivity index (χ1) is 29.3. The van der Waals surface area contributed by atoms with Gasteiger partial charge in [0.05, 0.1) is 16.2 Å². The van der Waals surface area contributed by atoms with Crippen LogP contribution in [0.1, 0.15) is 28.0 Å². The molecule has 1 saturated heterocycles. The second kappa shape index (κ2) is 19.1. The summed E-state index contributed by atoms with van der Waals surface area (Å²) in [5.41, 5.74) is 8.52. The molecule has 1 fully saturated rings. The van der Waals surface area contributed by atoms with E-state index >= 15 is 0 Å². The molecular formula is C48H53ClN6O4S2. The van der Waals surface area contributed by atoms with Crippen molar-refractivity contribution in [2.24, 2.45) is 7.05 Å². The number of benzene rings is 5. The average Bonchev–Trinajstić information content (AvgIpc) is 3.52. The second-order valence-corrected chi connectivity index (χ2v) is 19.0. The van der Waals surface area contributed by atoms with Crippen LogP contribution in [0.5, 0.6) is 0 Å². The fourth-order valence-electron chi connectivity index (χ4n) is 7.84. The number of hydrogen-bond acceptors (Lipinski definition) is 8. The molecule has 1 aromatic heterocycles. The van der Waals surface area contributed by atoms with Gasteiger partial charge < -0.3 is 29.7 Å². The smallest absolute Gasteiger partial charge is 0.338 e. The zero-order valence-corrected chi connectivity index (χ0v) is 37.6. The number of aromatic nitrogens is 1. The van der Waals surface area contributed by atoms with E-state index in [-0.39, 0.29) is 16.5 Å². The molecule has 61 heavy (non-hydrogen) atoms. The number of piperazine rings is 1. The van der Waals surface area contributed by atoms with Gasteiger partial charge in [0.1, 0.15) is 0 Å². The molecule has 6 aromatic rings. The summed E-state index contributed by atoms with van der Waals surface area (Å²) in [5, 5.41) is 14.6. The van der Waals surface area contributed by atoms with Crippen LogP contribution in [0.2, 0.25) is 5.02 Å². The summed E-state index contributed by atoms with van der Waals surface area (Å²) in [6, 6.07) is 39.0. The predicted octanol–water partition coefficient (Wildman–Crippen LogP) is 9.98. The Morgan fingerprint density at radius 3 is 2.13 bits per heavy atom. The van der Waals surface area contributed by atoms with Gasteiger partial charge in [0.25, 0.3) is 10.0 Å². The molecule has 1 atom stereocenters. The van der Waals surface area contributed by atoms with Gasteiger partial charge in [0.2, 0.25) is 0 Å². The van der Waals surface area contributed by atoms with Gasteiger partial charge in [-0.05, 0) is 136 Å². The number of anilines is 4. The molecule has 5 aromatic carbocycles. The Kier molecular flexibility index (Phi) is 13.7. The SMILES string of the molecule is Cc1cc(S(=O)(=O)Nc2ccc(N3CCN(c4cccc(-c5c(C(=O)O)c(C)n(C)c5-c5ccc(Cl)cc5)c4)CC3)cc2)ccc1N[C@H](CCN(C)C)CSc1ccccc1. The van der Waals surface area contributed by atoms with Crippen LogP contribution in [-0.2, 0) is 17.1 Å². The van der Waals surface area contributed by atoms with Crippen molar-refractivity contribution in [3.05, 3.63) is 143 Å². The van der Waals surface area contributed by atoms with Crippen molar-refractivity contribution in [3.8, 4) is 22.4 Å². The molecule has 1 aliphatic heterocycles. The summed E-state index contributed by atoms with van der Waals surface area (Å²) in [4.78, 5) is 20.8. The number of nitrogens with one attached hydrogen (secondary N) is 2. The van der Waals surface area contributed by atoms with E-state index in [2.05, 4.69) is 75.2 Å². The fraction of sp³-hybridized carbons (Fsp3) is 0.271. The van der Waals surface area contributed by atoms with Gasteiger partial charge in [0.15, 0.2) is 0 Å². The summed E-state index contributed by atoms with van der Waals surface area (Å²) < 4.78 is 31.9. The highest BCUT2D eigenvalue weighted by molar-refractivity contribution is 7.99. The molecule has 10 nitrogen and oxygen atoms in total. The normalized spacial score (nSPS) is 13.7. The van der Waals surface area contributed by atoms with E-state index in [1.807, 2.05) is 110 Å². The number of sulfonamides is 1. The van der Waals surface area contributed by atoms with Crippen molar-refractivity contribution in [2.45, 2.75) is 36.1 Å². The summed E-state index contributed by atoms with van der Waals surface area (Å²) in [7, 11) is 2.22. The lowest BCUT2D eigenvalue weighted by Gasteiger charge is -2.37. The van der Waals surface area contributed by atoms with E-state index < -0.39 is 16.0 Å². The molecule has 0 saturated carbocycles. The molecule has 13 heteroatoms. The molecule has 0 spiro atoms. The van der Waals surface area contributed by atoms with Crippen LogP contribution in [0.15, 0.2) is 131 Å². The van der Waals surface area contributed by atoms with E-state index in [0.717, 1.165) is 84.3 Å². The molecule has 1 aliphatic rings. The number of halogens is 1. The minimum Gasteiger partial charge on any atom is -0.478 e. The zero-order valence-electron chi connectivity index (χ0n) is 35.2. The van der Waals surface area contributed by atoms with E-state index in [9.17, 15) is 18.3 Å². The van der Waals surface area contributed by atoms with Crippen molar-refractivity contribution in [1.29, 1.82) is 0 Å². The minimum absolute atomic E-state index is 0.201. The standard InChI is InChI=1S/C48H53ClN6O4S2/c1-33-30-43(22-23-44(33)50-39(24-25-52(3)4)32-60-42-12-7-6-8-13-42)61(58,59)51-38-18-20-40(21-19-38)54-26-28-55(29-27-54)41-11-9-10-36(31-41)46-45(48(56)57)34(2)53(5)47(46)35-14-16-37(49)17-15-35/h6-23,30-31,39,50-51H,24-29,32H2,1-5H3,(H,56,57)/t39-/m1/s1. The number of carbonyl (C=O) groups is 1. The largest absolute Gasteiger partial charge is 0.478 e. The lowest BCUT2D eigenvalue weighted by Crippen LogP contribution is -2.46. The van der Waals surface area contributed by atoms with Crippen molar-refractivity contribution in [1.82, 2.24) is 9.47 Å². The van der Waals surface area contributed by atoms with Crippen molar-refractivity contribution in [2.75, 3.05) is 72.4 Å². The van der Waals surface area contributed by atoms with Crippen LogP contribution in [0.3, 0.4) is 0 Å². The van der Waals surface area contributed by atoms with Crippen LogP contribution in [0.4, 0.5) is 22.7 Å². The van der Waals surface area contributed by atoms with Crippen LogP contribution in [0, 0.1) is 13.8 Å². The summed E-state index contributed by atoms with van der Waals surface area (Å²) in [6.07, 6.45) is 0.950. The molecule has 3 N–H and O–H groups in total. The number of carboxylic acid groups (broad SMARTS) is 1. The van der Waals surface area contributed by atoms with Gasteiger partial charge in [-0.3, -0.25) is 4.72 Å². The molecule has 2 heterocycles. The van der Waals surface area contributed by atoms with Gasteiger partial charge in [-0.2, -0.15) is 0 Å². The topological polar surface area (TPSA) is 110 Å². The average molecular weight is 878 g/mol. The van der Waals surface area contributed by atoms with E-state index in [1.54, 1.807) is 12.1 Å². The first-order valence-corrected chi connectivity index (χ1v) is 23.2. The maximum Gasteiger partial charge on any atom is 0.338 e. The summed E-state index contributed by atoms with van der Waals surface area (Å²) in [6.45, 7) is 7.76. The maximum atomic E-state index is 13.6. The third-order valence-electron chi connectivity index (χ3n) is 11.3. The van der Waals surface area contributed by atoms with E-state index in [0.29, 0.717) is 22.0 Å². The van der Waals surface area contributed by atoms with Gasteiger partial charge in [-0.1, -0.05) is 54.1 Å². The number of hydrogen-bond donors (Lipinski definition) is 3. The van der Waals surface area contributed by atoms with Crippen LogP contribution < -0.4 is 19.8 Å². The van der Waals surface area contributed by atoms with Crippen molar-refractivity contribution in [3.63, 3.8) is 0 Å². The number of thioether (sulfide) groups is 1. The zero-order chi connectivity index (χ0) is 43.3. The van der Waals surface area contributed by atoms with Crippen molar-refractivity contribution < 1.29 is 18.3 Å². The van der Waals surface area contributed by atoms with Crippen LogP contribution >= 0.6 is 23.4 Å². The third-order valence-corrected chi connectivity index (χ3v) is 14.1. The number of aromatic carboxylic acids is 1. The summed E-state index contributed by atoms with van der Waals surface area (Å²) >= 11 is 8.02. The Morgan fingerprint density at radius 2 is 1.49 bits per heavy atom.